The van der Waals surface area contributed by atoms with Crippen molar-refractivity contribution in [2.75, 3.05) is 0 Å². The molecule has 0 fully saturated rings. The molecular formula is C12H10BrNO4S2. The van der Waals surface area contributed by atoms with Gasteiger partial charge in [0.05, 0.1) is 10.5 Å². The van der Waals surface area contributed by atoms with Crippen LogP contribution in [0.15, 0.2) is 45.1 Å². The molecular weight excluding hydrogens is 366 g/mol. The lowest BCUT2D eigenvalue weighted by atomic mass is 10.2. The summed E-state index contributed by atoms with van der Waals surface area (Å²) in [7, 11) is -3.69. The number of thiophene rings is 1. The third-order valence-corrected chi connectivity index (χ3v) is 5.74. The maximum Gasteiger partial charge on any atom is 0.335 e. The van der Waals surface area contributed by atoms with Crippen LogP contribution in [0.2, 0.25) is 0 Å². The van der Waals surface area contributed by atoms with Crippen LogP contribution in [-0.4, -0.2) is 19.5 Å². The average Bonchev–Trinajstić information content (AvgIpc) is 2.89. The number of carboxylic acid groups (broad SMARTS) is 1. The van der Waals surface area contributed by atoms with E-state index >= 15 is 0 Å². The summed E-state index contributed by atoms with van der Waals surface area (Å²) >= 11 is 4.54. The summed E-state index contributed by atoms with van der Waals surface area (Å²) in [5.41, 5.74) is 0.0223. The van der Waals surface area contributed by atoms with Crippen LogP contribution in [-0.2, 0) is 16.6 Å². The molecule has 20 heavy (non-hydrogen) atoms. The Morgan fingerprint density at radius 1 is 1.35 bits per heavy atom. The van der Waals surface area contributed by atoms with E-state index in [-0.39, 0.29) is 21.5 Å². The molecule has 0 radical (unpaired) electrons. The van der Waals surface area contributed by atoms with Crippen LogP contribution in [0.5, 0.6) is 0 Å². The van der Waals surface area contributed by atoms with Gasteiger partial charge >= 0.3 is 5.97 Å². The Kier molecular flexibility index (Phi) is 4.59. The molecule has 2 rings (SSSR count). The first-order valence-corrected chi connectivity index (χ1v) is 8.60. The van der Waals surface area contributed by atoms with Gasteiger partial charge in [-0.05, 0) is 45.6 Å². The van der Waals surface area contributed by atoms with Crippen LogP contribution >= 0.6 is 27.3 Å². The first-order chi connectivity index (χ1) is 9.40. The molecule has 0 aliphatic heterocycles. The molecule has 0 bridgehead atoms. The minimum atomic E-state index is -3.69. The maximum atomic E-state index is 12.1. The zero-order chi connectivity index (χ0) is 14.8. The number of carbonyl (C=O) groups is 1. The number of carboxylic acids is 1. The highest BCUT2D eigenvalue weighted by Crippen LogP contribution is 2.23. The van der Waals surface area contributed by atoms with Gasteiger partial charge in [-0.15, -0.1) is 11.3 Å². The second kappa shape index (κ2) is 6.04. The number of benzene rings is 1. The Morgan fingerprint density at radius 2 is 2.10 bits per heavy atom. The molecule has 0 saturated carbocycles. The molecule has 0 saturated heterocycles. The van der Waals surface area contributed by atoms with Crippen molar-refractivity contribution in [2.45, 2.75) is 11.4 Å². The second-order valence-corrected chi connectivity index (χ2v) is 7.48. The summed E-state index contributed by atoms with van der Waals surface area (Å²) in [6, 6.07) is 7.46. The largest absolute Gasteiger partial charge is 0.478 e. The van der Waals surface area contributed by atoms with Gasteiger partial charge in [0.25, 0.3) is 0 Å². The molecule has 0 spiro atoms. The first-order valence-electron chi connectivity index (χ1n) is 5.45. The van der Waals surface area contributed by atoms with E-state index in [0.717, 1.165) is 4.88 Å². The topological polar surface area (TPSA) is 83.5 Å². The highest BCUT2D eigenvalue weighted by Gasteiger charge is 2.18. The van der Waals surface area contributed by atoms with Gasteiger partial charge in [-0.25, -0.2) is 17.9 Å². The van der Waals surface area contributed by atoms with Gasteiger partial charge in [0, 0.05) is 15.9 Å². The molecule has 0 aliphatic carbocycles. The van der Waals surface area contributed by atoms with E-state index in [4.69, 9.17) is 5.11 Å². The van der Waals surface area contributed by atoms with E-state index in [1.807, 2.05) is 17.5 Å². The third-order valence-electron chi connectivity index (χ3n) is 2.48. The van der Waals surface area contributed by atoms with E-state index in [0.29, 0.717) is 0 Å². The van der Waals surface area contributed by atoms with Crippen LogP contribution in [0.4, 0.5) is 0 Å². The Balaban J connectivity index is 2.23. The summed E-state index contributed by atoms with van der Waals surface area (Å²) in [5.74, 6) is -1.11. The van der Waals surface area contributed by atoms with Gasteiger partial charge in [-0.3, -0.25) is 0 Å². The van der Waals surface area contributed by atoms with E-state index < -0.39 is 16.0 Å². The number of hydrogen-bond acceptors (Lipinski definition) is 4. The highest BCUT2D eigenvalue weighted by molar-refractivity contribution is 9.10. The number of rotatable bonds is 5. The first kappa shape index (κ1) is 15.2. The summed E-state index contributed by atoms with van der Waals surface area (Å²) in [6.07, 6.45) is 0. The minimum absolute atomic E-state index is 0.0130. The molecule has 1 aromatic heterocycles. The van der Waals surface area contributed by atoms with E-state index in [9.17, 15) is 13.2 Å². The quantitative estimate of drug-likeness (QED) is 0.841. The van der Waals surface area contributed by atoms with Crippen LogP contribution in [0.25, 0.3) is 0 Å². The number of nitrogens with one attached hydrogen (secondary N) is 1. The van der Waals surface area contributed by atoms with Crippen molar-refractivity contribution in [1.82, 2.24) is 4.72 Å². The minimum Gasteiger partial charge on any atom is -0.478 e. The number of aromatic carboxylic acids is 1. The SMILES string of the molecule is O=C(O)c1ccc(S(=O)(=O)NCc2cccs2)c(Br)c1. The zero-order valence-corrected chi connectivity index (χ0v) is 13.3. The van der Waals surface area contributed by atoms with Crippen LogP contribution in [0.1, 0.15) is 15.2 Å². The molecule has 0 atom stereocenters. The van der Waals surface area contributed by atoms with E-state index in [1.54, 1.807) is 0 Å². The fourth-order valence-corrected chi connectivity index (χ4v) is 4.33. The predicted molar refractivity (Wildman–Crippen MR) is 79.4 cm³/mol. The van der Waals surface area contributed by atoms with Crippen molar-refractivity contribution >= 4 is 43.3 Å². The summed E-state index contributed by atoms with van der Waals surface area (Å²) in [6.45, 7) is 0.202. The highest BCUT2D eigenvalue weighted by atomic mass is 79.9. The fraction of sp³-hybridized carbons (Fsp3) is 0.0833. The molecule has 0 aliphatic rings. The molecule has 1 heterocycles. The van der Waals surface area contributed by atoms with Crippen molar-refractivity contribution in [3.05, 3.63) is 50.6 Å². The van der Waals surface area contributed by atoms with Gasteiger partial charge in [0.1, 0.15) is 0 Å². The summed E-state index contributed by atoms with van der Waals surface area (Å²) in [5, 5.41) is 10.7. The molecule has 2 aromatic rings. The third kappa shape index (κ3) is 3.45. The Labute approximate surface area is 128 Å². The fourth-order valence-electron chi connectivity index (χ4n) is 1.51. The van der Waals surface area contributed by atoms with Crippen LogP contribution in [0, 0.1) is 0 Å². The van der Waals surface area contributed by atoms with Gasteiger partial charge in [0.15, 0.2) is 0 Å². The van der Waals surface area contributed by atoms with Crippen molar-refractivity contribution < 1.29 is 18.3 Å². The van der Waals surface area contributed by atoms with E-state index in [2.05, 4.69) is 20.7 Å². The molecule has 106 valence electrons. The lowest BCUT2D eigenvalue weighted by molar-refractivity contribution is 0.0696. The average molecular weight is 376 g/mol. The Morgan fingerprint density at radius 3 is 2.65 bits per heavy atom. The summed E-state index contributed by atoms with van der Waals surface area (Å²) < 4.78 is 27.0. The molecule has 1 aromatic carbocycles. The number of sulfonamides is 1. The lowest BCUT2D eigenvalue weighted by Gasteiger charge is -2.08. The van der Waals surface area contributed by atoms with Gasteiger partial charge in [0.2, 0.25) is 10.0 Å². The lowest BCUT2D eigenvalue weighted by Crippen LogP contribution is -2.23. The van der Waals surface area contributed by atoms with Crippen molar-refractivity contribution in [3.63, 3.8) is 0 Å². The van der Waals surface area contributed by atoms with Crippen molar-refractivity contribution in [2.24, 2.45) is 0 Å². The Bertz CT molecular complexity index is 726. The summed E-state index contributed by atoms with van der Waals surface area (Å²) in [4.78, 5) is 11.7. The smallest absolute Gasteiger partial charge is 0.335 e. The van der Waals surface area contributed by atoms with Gasteiger partial charge in [-0.2, -0.15) is 0 Å². The Hall–Kier alpha value is -1.22. The molecule has 0 unspecified atom stereocenters. The van der Waals surface area contributed by atoms with E-state index in [1.165, 1.54) is 29.5 Å². The molecule has 2 N–H and O–H groups in total. The number of halogens is 1. The number of hydrogen-bond donors (Lipinski definition) is 2. The van der Waals surface area contributed by atoms with Gasteiger partial charge in [-0.1, -0.05) is 6.07 Å². The van der Waals surface area contributed by atoms with Crippen molar-refractivity contribution in [3.8, 4) is 0 Å². The molecule has 5 nitrogen and oxygen atoms in total. The zero-order valence-electron chi connectivity index (χ0n) is 10.0. The standard InChI is InChI=1S/C12H10BrNO4S2/c13-10-6-8(12(15)16)3-4-11(10)20(17,18)14-7-9-2-1-5-19-9/h1-6,14H,7H2,(H,15,16). The van der Waals surface area contributed by atoms with Crippen LogP contribution < -0.4 is 4.72 Å². The van der Waals surface area contributed by atoms with Crippen molar-refractivity contribution in [1.29, 1.82) is 0 Å². The van der Waals surface area contributed by atoms with Crippen LogP contribution in [0.3, 0.4) is 0 Å². The normalized spacial score (nSPS) is 11.4. The predicted octanol–water partition coefficient (Wildman–Crippen LogP) is 2.69. The monoisotopic (exact) mass is 375 g/mol. The molecule has 8 heteroatoms. The molecule has 0 amide bonds. The van der Waals surface area contributed by atoms with Gasteiger partial charge < -0.3 is 5.11 Å². The second-order valence-electron chi connectivity index (χ2n) is 3.85. The maximum absolute atomic E-state index is 12.1.